The molecule has 3 rings (SSSR count). The third-order valence-electron chi connectivity index (χ3n) is 4.31. The number of aromatic nitrogens is 1. The third kappa shape index (κ3) is 2.70. The second-order valence-corrected chi connectivity index (χ2v) is 5.75. The van der Waals surface area contributed by atoms with Gasteiger partial charge in [0.25, 0.3) is 0 Å². The monoisotopic (exact) mass is 284 g/mol. The van der Waals surface area contributed by atoms with Gasteiger partial charge in [-0.1, -0.05) is 30.7 Å². The van der Waals surface area contributed by atoms with Crippen molar-refractivity contribution >= 4 is 0 Å². The standard InChI is InChI=1S/C18H21FN2/c1-3-20-18(15-11-12(2)6-9-16(15)19)14-8-7-13-5-4-10-21-17(13)14/h4-6,9-11,14,18,20H,3,7-8H2,1-2H3. The molecular weight excluding hydrogens is 263 g/mol. The number of rotatable bonds is 4. The fourth-order valence-electron chi connectivity index (χ4n) is 3.36. The molecule has 1 aliphatic rings. The van der Waals surface area contributed by atoms with E-state index >= 15 is 0 Å². The SMILES string of the molecule is CCNC(c1cc(C)ccc1F)C1CCc2cccnc21. The Bertz CT molecular complexity index is 639. The van der Waals surface area contributed by atoms with E-state index in [1.165, 1.54) is 5.56 Å². The van der Waals surface area contributed by atoms with Crippen LogP contribution in [0.4, 0.5) is 4.39 Å². The van der Waals surface area contributed by atoms with Crippen LogP contribution < -0.4 is 5.32 Å². The number of hydrogen-bond acceptors (Lipinski definition) is 2. The predicted molar refractivity (Wildman–Crippen MR) is 82.9 cm³/mol. The maximum atomic E-state index is 14.3. The van der Waals surface area contributed by atoms with E-state index in [9.17, 15) is 4.39 Å². The molecule has 2 nitrogen and oxygen atoms in total. The maximum absolute atomic E-state index is 14.3. The van der Waals surface area contributed by atoms with Crippen LogP contribution in [0.1, 0.15) is 47.7 Å². The molecule has 0 spiro atoms. The predicted octanol–water partition coefficient (Wildman–Crippen LogP) is 3.91. The number of nitrogens with one attached hydrogen (secondary N) is 1. The molecule has 0 fully saturated rings. The summed E-state index contributed by atoms with van der Waals surface area (Å²) < 4.78 is 14.3. The second-order valence-electron chi connectivity index (χ2n) is 5.75. The van der Waals surface area contributed by atoms with Crippen molar-refractivity contribution in [2.75, 3.05) is 6.54 Å². The highest BCUT2D eigenvalue weighted by molar-refractivity contribution is 5.35. The molecule has 1 aromatic heterocycles. The van der Waals surface area contributed by atoms with E-state index in [1.54, 1.807) is 6.07 Å². The van der Waals surface area contributed by atoms with Gasteiger partial charge in [0.15, 0.2) is 0 Å². The number of halogens is 1. The van der Waals surface area contributed by atoms with Crippen LogP contribution in [-0.2, 0) is 6.42 Å². The summed E-state index contributed by atoms with van der Waals surface area (Å²) in [7, 11) is 0. The molecule has 0 bridgehead atoms. The van der Waals surface area contributed by atoms with Gasteiger partial charge in [-0.25, -0.2) is 4.39 Å². The number of hydrogen-bond donors (Lipinski definition) is 1. The zero-order valence-electron chi connectivity index (χ0n) is 12.6. The Morgan fingerprint density at radius 2 is 2.24 bits per heavy atom. The minimum Gasteiger partial charge on any atom is -0.310 e. The van der Waals surface area contributed by atoms with E-state index in [4.69, 9.17) is 0 Å². The lowest BCUT2D eigenvalue weighted by molar-refractivity contribution is 0.429. The summed E-state index contributed by atoms with van der Waals surface area (Å²) in [6, 6.07) is 9.47. The molecule has 0 radical (unpaired) electrons. The third-order valence-corrected chi connectivity index (χ3v) is 4.31. The van der Waals surface area contributed by atoms with Gasteiger partial charge in [-0.3, -0.25) is 4.98 Å². The van der Waals surface area contributed by atoms with Crippen molar-refractivity contribution in [2.24, 2.45) is 0 Å². The van der Waals surface area contributed by atoms with Gasteiger partial charge in [0, 0.05) is 29.4 Å². The fraction of sp³-hybridized carbons (Fsp3) is 0.389. The van der Waals surface area contributed by atoms with Crippen LogP contribution in [0.5, 0.6) is 0 Å². The van der Waals surface area contributed by atoms with Crippen LogP contribution >= 0.6 is 0 Å². The van der Waals surface area contributed by atoms with Gasteiger partial charge < -0.3 is 5.32 Å². The van der Waals surface area contributed by atoms with Crippen molar-refractivity contribution < 1.29 is 4.39 Å². The Labute approximate surface area is 125 Å². The van der Waals surface area contributed by atoms with E-state index in [-0.39, 0.29) is 17.8 Å². The van der Waals surface area contributed by atoms with Crippen molar-refractivity contribution in [1.29, 1.82) is 0 Å². The van der Waals surface area contributed by atoms with Crippen molar-refractivity contribution in [3.63, 3.8) is 0 Å². The Hall–Kier alpha value is -1.74. The first kappa shape index (κ1) is 14.2. The zero-order valence-corrected chi connectivity index (χ0v) is 12.6. The first-order valence-electron chi connectivity index (χ1n) is 7.64. The lowest BCUT2D eigenvalue weighted by atomic mass is 9.89. The van der Waals surface area contributed by atoms with Crippen molar-refractivity contribution in [2.45, 2.75) is 38.6 Å². The first-order valence-corrected chi connectivity index (χ1v) is 7.64. The quantitative estimate of drug-likeness (QED) is 0.920. The van der Waals surface area contributed by atoms with E-state index in [0.29, 0.717) is 0 Å². The van der Waals surface area contributed by atoms with Crippen LogP contribution in [0.15, 0.2) is 36.5 Å². The lowest BCUT2D eigenvalue weighted by Gasteiger charge is -2.26. The molecule has 2 unspecified atom stereocenters. The summed E-state index contributed by atoms with van der Waals surface area (Å²) in [5.74, 6) is 0.119. The normalized spacial score (nSPS) is 18.5. The zero-order chi connectivity index (χ0) is 14.8. The molecule has 1 aliphatic carbocycles. The molecule has 0 amide bonds. The molecule has 110 valence electrons. The van der Waals surface area contributed by atoms with Crippen molar-refractivity contribution in [3.8, 4) is 0 Å². The Morgan fingerprint density at radius 3 is 3.05 bits per heavy atom. The summed E-state index contributed by atoms with van der Waals surface area (Å²) in [5.41, 5.74) is 4.29. The number of nitrogens with zero attached hydrogens (tertiary/aromatic N) is 1. The molecule has 21 heavy (non-hydrogen) atoms. The molecular formula is C18H21FN2. The Balaban J connectivity index is 2.01. The summed E-state index contributed by atoms with van der Waals surface area (Å²) >= 11 is 0. The fourth-order valence-corrected chi connectivity index (χ4v) is 3.36. The van der Waals surface area contributed by atoms with Crippen LogP contribution in [0, 0.1) is 12.7 Å². The highest BCUT2D eigenvalue weighted by Gasteiger charge is 2.32. The largest absolute Gasteiger partial charge is 0.310 e. The molecule has 2 atom stereocenters. The van der Waals surface area contributed by atoms with Crippen LogP contribution in [0.25, 0.3) is 0 Å². The molecule has 1 heterocycles. The minimum absolute atomic E-state index is 0.00829. The molecule has 1 N–H and O–H groups in total. The maximum Gasteiger partial charge on any atom is 0.128 e. The van der Waals surface area contributed by atoms with E-state index in [2.05, 4.69) is 23.3 Å². The number of fused-ring (bicyclic) bond motifs is 1. The van der Waals surface area contributed by atoms with Crippen LogP contribution in [0.2, 0.25) is 0 Å². The smallest absolute Gasteiger partial charge is 0.128 e. The van der Waals surface area contributed by atoms with E-state index in [0.717, 1.165) is 36.2 Å². The van der Waals surface area contributed by atoms with Gasteiger partial charge in [0.05, 0.1) is 0 Å². The lowest BCUT2D eigenvalue weighted by Crippen LogP contribution is -2.27. The van der Waals surface area contributed by atoms with Gasteiger partial charge in [-0.15, -0.1) is 0 Å². The highest BCUT2D eigenvalue weighted by Crippen LogP contribution is 2.41. The van der Waals surface area contributed by atoms with Crippen molar-refractivity contribution in [1.82, 2.24) is 10.3 Å². The first-order chi connectivity index (χ1) is 10.2. The van der Waals surface area contributed by atoms with Gasteiger partial charge in [0.1, 0.15) is 5.82 Å². The van der Waals surface area contributed by atoms with Gasteiger partial charge in [0.2, 0.25) is 0 Å². The average molecular weight is 284 g/mol. The molecule has 0 saturated carbocycles. The molecule has 3 heteroatoms. The summed E-state index contributed by atoms with van der Waals surface area (Å²) in [6.07, 6.45) is 3.90. The Morgan fingerprint density at radius 1 is 1.38 bits per heavy atom. The average Bonchev–Trinajstić information content (AvgIpc) is 2.91. The second kappa shape index (κ2) is 5.94. The summed E-state index contributed by atoms with van der Waals surface area (Å²) in [5, 5.41) is 3.47. The van der Waals surface area contributed by atoms with Gasteiger partial charge >= 0.3 is 0 Å². The number of aryl methyl sites for hydroxylation is 2. The topological polar surface area (TPSA) is 24.9 Å². The highest BCUT2D eigenvalue weighted by atomic mass is 19.1. The number of pyridine rings is 1. The van der Waals surface area contributed by atoms with Crippen LogP contribution in [0.3, 0.4) is 0 Å². The van der Waals surface area contributed by atoms with Gasteiger partial charge in [-0.2, -0.15) is 0 Å². The van der Waals surface area contributed by atoms with Crippen LogP contribution in [-0.4, -0.2) is 11.5 Å². The molecule has 2 aromatic rings. The summed E-state index contributed by atoms with van der Waals surface area (Å²) in [4.78, 5) is 4.56. The van der Waals surface area contributed by atoms with Gasteiger partial charge in [-0.05, 0) is 44.0 Å². The van der Waals surface area contributed by atoms with E-state index in [1.807, 2.05) is 31.3 Å². The summed E-state index contributed by atoms with van der Waals surface area (Å²) in [6.45, 7) is 4.89. The number of likely N-dealkylation sites (N-methyl/N-ethyl adjacent to an activating group) is 1. The molecule has 0 saturated heterocycles. The Kier molecular flexibility index (Phi) is 4.02. The number of benzene rings is 1. The van der Waals surface area contributed by atoms with Crippen molar-refractivity contribution in [3.05, 3.63) is 64.7 Å². The molecule has 0 aliphatic heterocycles. The molecule has 1 aromatic carbocycles. The van der Waals surface area contributed by atoms with E-state index < -0.39 is 0 Å². The minimum atomic E-state index is -0.129.